The van der Waals surface area contributed by atoms with E-state index in [0.29, 0.717) is 18.0 Å². The number of carbonyl (C=O) groups excluding carboxylic acids is 1. The van der Waals surface area contributed by atoms with E-state index in [1.54, 1.807) is 16.6 Å². The minimum Gasteiger partial charge on any atom is -0.350 e. The quantitative estimate of drug-likeness (QED) is 0.805. The zero-order chi connectivity index (χ0) is 14.7. The Morgan fingerprint density at radius 3 is 2.76 bits per heavy atom. The molecule has 0 fully saturated rings. The van der Waals surface area contributed by atoms with Crippen LogP contribution in [0.4, 0.5) is 0 Å². The first-order valence-corrected chi connectivity index (χ1v) is 7.03. The Bertz CT molecular complexity index is 732. The van der Waals surface area contributed by atoms with Crippen molar-refractivity contribution in [3.63, 3.8) is 0 Å². The molecular formula is C16H14ClN3O. The first kappa shape index (κ1) is 13.6. The zero-order valence-electron chi connectivity index (χ0n) is 11.3. The maximum atomic E-state index is 11.9. The van der Waals surface area contributed by atoms with E-state index in [1.165, 1.54) is 0 Å². The van der Waals surface area contributed by atoms with Crippen LogP contribution in [0.25, 0.3) is 5.52 Å². The Morgan fingerprint density at radius 2 is 2.00 bits per heavy atom. The standard InChI is InChI=1S/C16H14ClN3O/c17-13-6-4-12(5-7-13)9-16(21)18-11-14-10-15-3-1-2-8-20(15)19-14/h1-8,10H,9,11H2,(H,18,21). The topological polar surface area (TPSA) is 46.4 Å². The maximum Gasteiger partial charge on any atom is 0.224 e. The van der Waals surface area contributed by atoms with Gasteiger partial charge in [0.15, 0.2) is 0 Å². The third-order valence-corrected chi connectivity index (χ3v) is 3.42. The molecule has 21 heavy (non-hydrogen) atoms. The summed E-state index contributed by atoms with van der Waals surface area (Å²) in [6.07, 6.45) is 2.22. The van der Waals surface area contributed by atoms with E-state index in [4.69, 9.17) is 11.6 Å². The number of amides is 1. The average molecular weight is 300 g/mol. The highest BCUT2D eigenvalue weighted by Crippen LogP contribution is 2.10. The van der Waals surface area contributed by atoms with Gasteiger partial charge in [0.1, 0.15) is 0 Å². The van der Waals surface area contributed by atoms with Crippen molar-refractivity contribution in [3.05, 3.63) is 71.0 Å². The number of aromatic nitrogens is 2. The molecule has 0 saturated carbocycles. The number of fused-ring (bicyclic) bond motifs is 1. The molecular weight excluding hydrogens is 286 g/mol. The summed E-state index contributed by atoms with van der Waals surface area (Å²) in [5, 5.41) is 7.93. The van der Waals surface area contributed by atoms with Crippen molar-refractivity contribution in [2.75, 3.05) is 0 Å². The molecule has 106 valence electrons. The smallest absolute Gasteiger partial charge is 0.224 e. The van der Waals surface area contributed by atoms with Crippen molar-refractivity contribution in [1.82, 2.24) is 14.9 Å². The molecule has 2 aromatic heterocycles. The molecule has 3 rings (SSSR count). The molecule has 1 aromatic carbocycles. The Labute approximate surface area is 127 Å². The van der Waals surface area contributed by atoms with Crippen molar-refractivity contribution in [2.24, 2.45) is 0 Å². The van der Waals surface area contributed by atoms with E-state index >= 15 is 0 Å². The molecule has 0 spiro atoms. The van der Waals surface area contributed by atoms with Gasteiger partial charge < -0.3 is 5.32 Å². The van der Waals surface area contributed by atoms with E-state index in [2.05, 4.69) is 10.4 Å². The Hall–Kier alpha value is -2.33. The van der Waals surface area contributed by atoms with Crippen LogP contribution in [-0.2, 0) is 17.8 Å². The second-order valence-electron chi connectivity index (χ2n) is 4.79. The fourth-order valence-electron chi connectivity index (χ4n) is 2.12. The summed E-state index contributed by atoms with van der Waals surface area (Å²) in [6.45, 7) is 0.425. The largest absolute Gasteiger partial charge is 0.350 e. The van der Waals surface area contributed by atoms with Crippen molar-refractivity contribution >= 4 is 23.0 Å². The van der Waals surface area contributed by atoms with Crippen molar-refractivity contribution in [1.29, 1.82) is 0 Å². The van der Waals surface area contributed by atoms with E-state index in [0.717, 1.165) is 16.8 Å². The number of nitrogens with one attached hydrogen (secondary N) is 1. The molecule has 0 unspecified atom stereocenters. The van der Waals surface area contributed by atoms with Crippen LogP contribution in [0, 0.1) is 0 Å². The van der Waals surface area contributed by atoms with Crippen LogP contribution < -0.4 is 5.32 Å². The highest BCUT2D eigenvalue weighted by atomic mass is 35.5. The number of rotatable bonds is 4. The first-order valence-electron chi connectivity index (χ1n) is 6.65. The number of nitrogens with zero attached hydrogens (tertiary/aromatic N) is 2. The number of hydrogen-bond acceptors (Lipinski definition) is 2. The molecule has 0 aliphatic rings. The molecule has 1 N–H and O–H groups in total. The number of hydrogen-bond donors (Lipinski definition) is 1. The Balaban J connectivity index is 1.59. The molecule has 0 atom stereocenters. The van der Waals surface area contributed by atoms with Gasteiger partial charge in [-0.15, -0.1) is 0 Å². The van der Waals surface area contributed by atoms with Gasteiger partial charge in [-0.25, -0.2) is 4.52 Å². The lowest BCUT2D eigenvalue weighted by Gasteiger charge is -2.03. The molecule has 0 aliphatic carbocycles. The van der Waals surface area contributed by atoms with Crippen molar-refractivity contribution in [2.45, 2.75) is 13.0 Å². The molecule has 5 heteroatoms. The van der Waals surface area contributed by atoms with E-state index in [9.17, 15) is 4.79 Å². The molecule has 2 heterocycles. The van der Waals surface area contributed by atoms with Crippen LogP contribution in [0.1, 0.15) is 11.3 Å². The van der Waals surface area contributed by atoms with Gasteiger partial charge in [0, 0.05) is 11.2 Å². The van der Waals surface area contributed by atoms with Crippen LogP contribution in [-0.4, -0.2) is 15.5 Å². The Morgan fingerprint density at radius 1 is 1.19 bits per heavy atom. The predicted octanol–water partition coefficient (Wildman–Crippen LogP) is 2.85. The van der Waals surface area contributed by atoms with Gasteiger partial charge in [0.05, 0.1) is 24.2 Å². The summed E-state index contributed by atoms with van der Waals surface area (Å²) >= 11 is 5.82. The number of carbonyl (C=O) groups is 1. The first-order chi connectivity index (χ1) is 10.2. The highest BCUT2D eigenvalue weighted by molar-refractivity contribution is 6.30. The van der Waals surface area contributed by atoms with Gasteiger partial charge in [-0.3, -0.25) is 4.79 Å². The third kappa shape index (κ3) is 3.41. The normalized spacial score (nSPS) is 10.7. The lowest BCUT2D eigenvalue weighted by Crippen LogP contribution is -2.24. The van der Waals surface area contributed by atoms with Crippen LogP contribution in [0.2, 0.25) is 5.02 Å². The number of halogens is 1. The molecule has 0 saturated heterocycles. The van der Waals surface area contributed by atoms with Gasteiger partial charge in [-0.1, -0.05) is 29.8 Å². The second kappa shape index (κ2) is 5.97. The monoisotopic (exact) mass is 299 g/mol. The Kier molecular flexibility index (Phi) is 3.88. The lowest BCUT2D eigenvalue weighted by molar-refractivity contribution is -0.120. The minimum atomic E-state index is -0.0330. The molecule has 1 amide bonds. The molecule has 0 aliphatic heterocycles. The van der Waals surface area contributed by atoms with E-state index < -0.39 is 0 Å². The fourth-order valence-corrected chi connectivity index (χ4v) is 2.24. The van der Waals surface area contributed by atoms with Crippen LogP contribution in [0.3, 0.4) is 0 Å². The molecule has 4 nitrogen and oxygen atoms in total. The summed E-state index contributed by atoms with van der Waals surface area (Å²) in [6, 6.07) is 15.1. The van der Waals surface area contributed by atoms with Gasteiger partial charge in [-0.2, -0.15) is 5.10 Å². The van der Waals surface area contributed by atoms with Crippen LogP contribution >= 0.6 is 11.6 Å². The number of pyridine rings is 1. The molecule has 0 bridgehead atoms. The zero-order valence-corrected chi connectivity index (χ0v) is 12.0. The van der Waals surface area contributed by atoms with E-state index in [1.807, 2.05) is 42.6 Å². The lowest BCUT2D eigenvalue weighted by atomic mass is 10.1. The van der Waals surface area contributed by atoms with E-state index in [-0.39, 0.29) is 5.91 Å². The summed E-state index contributed by atoms with van der Waals surface area (Å²) in [4.78, 5) is 11.9. The number of benzene rings is 1. The van der Waals surface area contributed by atoms with Gasteiger partial charge in [-0.05, 0) is 35.9 Å². The maximum absolute atomic E-state index is 11.9. The molecule has 0 radical (unpaired) electrons. The summed E-state index contributed by atoms with van der Waals surface area (Å²) in [5.41, 5.74) is 2.79. The SMILES string of the molecule is O=C(Cc1ccc(Cl)cc1)NCc1cc2ccccn2n1. The van der Waals surface area contributed by atoms with Gasteiger partial charge >= 0.3 is 0 Å². The van der Waals surface area contributed by atoms with Crippen LogP contribution in [0.5, 0.6) is 0 Å². The minimum absolute atomic E-state index is 0.0330. The highest BCUT2D eigenvalue weighted by Gasteiger charge is 2.05. The van der Waals surface area contributed by atoms with Crippen LogP contribution in [0.15, 0.2) is 54.7 Å². The predicted molar refractivity (Wildman–Crippen MR) is 82.2 cm³/mol. The summed E-state index contributed by atoms with van der Waals surface area (Å²) in [7, 11) is 0. The second-order valence-corrected chi connectivity index (χ2v) is 5.22. The third-order valence-electron chi connectivity index (χ3n) is 3.17. The van der Waals surface area contributed by atoms with Gasteiger partial charge in [0.2, 0.25) is 5.91 Å². The van der Waals surface area contributed by atoms with Gasteiger partial charge in [0.25, 0.3) is 0 Å². The summed E-state index contributed by atoms with van der Waals surface area (Å²) < 4.78 is 1.79. The molecule has 3 aromatic rings. The van der Waals surface area contributed by atoms with Crippen molar-refractivity contribution in [3.8, 4) is 0 Å². The average Bonchev–Trinajstić information content (AvgIpc) is 2.90. The summed E-state index contributed by atoms with van der Waals surface area (Å²) in [5.74, 6) is -0.0330. The fraction of sp³-hybridized carbons (Fsp3) is 0.125. The van der Waals surface area contributed by atoms with Crippen molar-refractivity contribution < 1.29 is 4.79 Å².